The first kappa shape index (κ1) is 18.1. The quantitative estimate of drug-likeness (QED) is 0.714. The van der Waals surface area contributed by atoms with Crippen molar-refractivity contribution in [3.8, 4) is 5.69 Å². The zero-order valence-electron chi connectivity index (χ0n) is 15.5. The number of imidazole rings is 1. The van der Waals surface area contributed by atoms with E-state index in [4.69, 9.17) is 0 Å². The smallest absolute Gasteiger partial charge is 0.234 e. The van der Waals surface area contributed by atoms with Crippen LogP contribution in [0.25, 0.3) is 16.7 Å². The third kappa shape index (κ3) is 4.17. The Morgan fingerprint density at radius 1 is 1.26 bits per heavy atom. The van der Waals surface area contributed by atoms with Crippen LogP contribution in [0.2, 0.25) is 0 Å². The van der Waals surface area contributed by atoms with E-state index < -0.39 is 0 Å². The van der Waals surface area contributed by atoms with Crippen LogP contribution < -0.4 is 5.32 Å². The fourth-order valence-electron chi connectivity index (χ4n) is 3.42. The fourth-order valence-corrected chi connectivity index (χ4v) is 4.72. The molecule has 140 valence electrons. The Kier molecular flexibility index (Phi) is 5.45. The van der Waals surface area contributed by atoms with E-state index in [9.17, 15) is 4.79 Å². The number of hydrogen-bond acceptors (Lipinski definition) is 4. The SMILES string of the molecule is CN(CC(=O)NCc1ccc(-n2cnc3ccccc32)cc1)[C@H]1CCSC1. The molecule has 2 aromatic carbocycles. The first-order chi connectivity index (χ1) is 13.2. The van der Waals surface area contributed by atoms with Crippen LogP contribution in [0, 0.1) is 0 Å². The average molecular weight is 381 g/mol. The lowest BCUT2D eigenvalue weighted by atomic mass is 10.2. The number of fused-ring (bicyclic) bond motifs is 1. The number of thioether (sulfide) groups is 1. The maximum Gasteiger partial charge on any atom is 0.234 e. The lowest BCUT2D eigenvalue weighted by Gasteiger charge is -2.22. The monoisotopic (exact) mass is 380 g/mol. The van der Waals surface area contributed by atoms with Crippen molar-refractivity contribution in [2.45, 2.75) is 19.0 Å². The van der Waals surface area contributed by atoms with Gasteiger partial charge in [0.25, 0.3) is 0 Å². The van der Waals surface area contributed by atoms with Crippen molar-refractivity contribution in [1.82, 2.24) is 19.8 Å². The molecule has 0 spiro atoms. The highest BCUT2D eigenvalue weighted by Crippen LogP contribution is 2.21. The van der Waals surface area contributed by atoms with Gasteiger partial charge in [-0.3, -0.25) is 14.3 Å². The number of rotatable bonds is 6. The molecular weight excluding hydrogens is 356 g/mol. The summed E-state index contributed by atoms with van der Waals surface area (Å²) < 4.78 is 2.08. The van der Waals surface area contributed by atoms with E-state index in [1.54, 1.807) is 0 Å². The van der Waals surface area contributed by atoms with Crippen LogP contribution in [-0.4, -0.2) is 51.5 Å². The summed E-state index contributed by atoms with van der Waals surface area (Å²) in [5.41, 5.74) is 4.23. The number of likely N-dealkylation sites (N-methyl/N-ethyl adjacent to an activating group) is 1. The predicted molar refractivity (Wildman–Crippen MR) is 111 cm³/mol. The normalized spacial score (nSPS) is 16.9. The van der Waals surface area contributed by atoms with Gasteiger partial charge in [-0.25, -0.2) is 4.98 Å². The molecule has 0 saturated carbocycles. The number of carbonyl (C=O) groups is 1. The molecule has 0 bridgehead atoms. The van der Waals surface area contributed by atoms with Gasteiger partial charge < -0.3 is 5.32 Å². The number of amides is 1. The molecule has 1 amide bonds. The number of carbonyl (C=O) groups excluding carboxylic acids is 1. The second-order valence-corrected chi connectivity index (χ2v) is 8.13. The summed E-state index contributed by atoms with van der Waals surface area (Å²) in [6.45, 7) is 1.02. The Labute approximate surface area is 163 Å². The topological polar surface area (TPSA) is 50.2 Å². The van der Waals surface area contributed by atoms with Gasteiger partial charge in [-0.2, -0.15) is 11.8 Å². The van der Waals surface area contributed by atoms with Crippen LogP contribution in [0.3, 0.4) is 0 Å². The fraction of sp³-hybridized carbons (Fsp3) is 0.333. The molecule has 1 aliphatic heterocycles. The molecule has 1 aliphatic rings. The van der Waals surface area contributed by atoms with Crippen LogP contribution in [0.5, 0.6) is 0 Å². The Morgan fingerprint density at radius 2 is 2.07 bits per heavy atom. The average Bonchev–Trinajstić information content (AvgIpc) is 3.37. The van der Waals surface area contributed by atoms with Crippen LogP contribution >= 0.6 is 11.8 Å². The molecule has 0 aliphatic carbocycles. The van der Waals surface area contributed by atoms with E-state index in [1.807, 2.05) is 43.3 Å². The maximum absolute atomic E-state index is 12.2. The third-order valence-corrected chi connectivity index (χ3v) is 6.22. The summed E-state index contributed by atoms with van der Waals surface area (Å²) in [5, 5.41) is 3.03. The molecule has 1 fully saturated rings. The number of hydrogen-bond donors (Lipinski definition) is 1. The Hall–Kier alpha value is -2.31. The molecule has 2 heterocycles. The van der Waals surface area contributed by atoms with Gasteiger partial charge in [0.05, 0.1) is 17.6 Å². The zero-order valence-corrected chi connectivity index (χ0v) is 16.3. The summed E-state index contributed by atoms with van der Waals surface area (Å²) in [7, 11) is 2.04. The van der Waals surface area contributed by atoms with E-state index in [0.29, 0.717) is 19.1 Å². The summed E-state index contributed by atoms with van der Waals surface area (Å²) in [6.07, 6.45) is 3.03. The molecule has 5 nitrogen and oxygen atoms in total. The highest BCUT2D eigenvalue weighted by atomic mass is 32.2. The highest BCUT2D eigenvalue weighted by molar-refractivity contribution is 7.99. The van der Waals surface area contributed by atoms with Gasteiger partial charge in [0.1, 0.15) is 6.33 Å². The molecule has 4 rings (SSSR count). The molecule has 1 saturated heterocycles. The van der Waals surface area contributed by atoms with E-state index in [2.05, 4.69) is 50.1 Å². The van der Waals surface area contributed by atoms with Crippen molar-refractivity contribution in [3.05, 3.63) is 60.4 Å². The van der Waals surface area contributed by atoms with Crippen molar-refractivity contribution < 1.29 is 4.79 Å². The van der Waals surface area contributed by atoms with E-state index in [-0.39, 0.29) is 5.91 Å². The number of para-hydroxylation sites is 2. The Morgan fingerprint density at radius 3 is 2.85 bits per heavy atom. The summed E-state index contributed by atoms with van der Waals surface area (Å²) >= 11 is 1.97. The summed E-state index contributed by atoms with van der Waals surface area (Å²) in [4.78, 5) is 18.8. The first-order valence-corrected chi connectivity index (χ1v) is 10.4. The summed E-state index contributed by atoms with van der Waals surface area (Å²) in [6, 6.07) is 16.9. The van der Waals surface area contributed by atoms with Crippen LogP contribution in [-0.2, 0) is 11.3 Å². The predicted octanol–water partition coefficient (Wildman–Crippen LogP) is 3.08. The van der Waals surface area contributed by atoms with Gasteiger partial charge in [0, 0.05) is 24.0 Å². The Balaban J connectivity index is 1.34. The molecule has 1 N–H and O–H groups in total. The maximum atomic E-state index is 12.2. The van der Waals surface area contributed by atoms with E-state index >= 15 is 0 Å². The van der Waals surface area contributed by atoms with Crippen molar-refractivity contribution in [1.29, 1.82) is 0 Å². The van der Waals surface area contributed by atoms with Crippen LogP contribution in [0.15, 0.2) is 54.9 Å². The second kappa shape index (κ2) is 8.15. The van der Waals surface area contributed by atoms with E-state index in [0.717, 1.165) is 28.0 Å². The Bertz CT molecular complexity index is 915. The van der Waals surface area contributed by atoms with Gasteiger partial charge in [0.2, 0.25) is 5.91 Å². The van der Waals surface area contributed by atoms with Gasteiger partial charge in [-0.15, -0.1) is 0 Å². The second-order valence-electron chi connectivity index (χ2n) is 6.98. The first-order valence-electron chi connectivity index (χ1n) is 9.27. The van der Waals surface area contributed by atoms with Crippen LogP contribution in [0.1, 0.15) is 12.0 Å². The van der Waals surface area contributed by atoms with Gasteiger partial charge in [0.15, 0.2) is 0 Å². The molecule has 6 heteroatoms. The van der Waals surface area contributed by atoms with Crippen molar-refractivity contribution >= 4 is 28.7 Å². The molecule has 1 aromatic heterocycles. The number of aromatic nitrogens is 2. The zero-order chi connectivity index (χ0) is 18.6. The lowest BCUT2D eigenvalue weighted by molar-refractivity contribution is -0.122. The number of nitrogens with zero attached hydrogens (tertiary/aromatic N) is 3. The van der Waals surface area contributed by atoms with Gasteiger partial charge >= 0.3 is 0 Å². The lowest BCUT2D eigenvalue weighted by Crippen LogP contribution is -2.40. The van der Waals surface area contributed by atoms with Crippen molar-refractivity contribution in [2.24, 2.45) is 0 Å². The minimum Gasteiger partial charge on any atom is -0.351 e. The standard InChI is InChI=1S/C21H24N4OS/c1-24(18-10-11-27-14-18)13-21(26)22-12-16-6-8-17(9-7-16)25-15-23-19-4-2-3-5-20(19)25/h2-9,15,18H,10-14H2,1H3,(H,22,26)/t18-/m0/s1. The highest BCUT2D eigenvalue weighted by Gasteiger charge is 2.21. The number of nitrogens with one attached hydrogen (secondary N) is 1. The minimum absolute atomic E-state index is 0.0825. The molecule has 1 atom stereocenters. The minimum atomic E-state index is 0.0825. The van der Waals surface area contributed by atoms with Crippen molar-refractivity contribution in [2.75, 3.05) is 25.1 Å². The largest absolute Gasteiger partial charge is 0.351 e. The molecule has 0 unspecified atom stereocenters. The molecular formula is C21H24N4OS. The molecule has 27 heavy (non-hydrogen) atoms. The van der Waals surface area contributed by atoms with Gasteiger partial charge in [-0.05, 0) is 49.1 Å². The third-order valence-electron chi connectivity index (χ3n) is 5.08. The molecule has 0 radical (unpaired) electrons. The molecule has 3 aromatic rings. The van der Waals surface area contributed by atoms with Gasteiger partial charge in [-0.1, -0.05) is 24.3 Å². The summed E-state index contributed by atoms with van der Waals surface area (Å²) in [5.74, 6) is 2.42. The van der Waals surface area contributed by atoms with Crippen molar-refractivity contribution in [3.63, 3.8) is 0 Å². The van der Waals surface area contributed by atoms with E-state index in [1.165, 1.54) is 12.2 Å². The number of benzene rings is 2. The van der Waals surface area contributed by atoms with Crippen LogP contribution in [0.4, 0.5) is 0 Å².